The number of aromatic nitrogens is 2. The molecule has 2 saturated heterocycles. The van der Waals surface area contributed by atoms with Crippen LogP contribution in [0, 0.1) is 0 Å². The number of benzene rings is 2. The molecule has 1 amide bonds. The maximum Gasteiger partial charge on any atom is 0.216 e. The van der Waals surface area contributed by atoms with Gasteiger partial charge in [-0.05, 0) is 49.2 Å². The Labute approximate surface area is 245 Å². The molecule has 4 aliphatic heterocycles. The molecule has 2 fully saturated rings. The summed E-state index contributed by atoms with van der Waals surface area (Å²) in [6.07, 6.45) is 2.58. The predicted molar refractivity (Wildman–Crippen MR) is 170 cm³/mol. The van der Waals surface area contributed by atoms with Gasteiger partial charge in [-0.15, -0.1) is 0 Å². The topological polar surface area (TPSA) is 71.5 Å². The maximum atomic E-state index is 11.1. The normalized spacial score (nSPS) is 23.2. The minimum atomic E-state index is 0. The first-order valence-electron chi connectivity index (χ1n) is 14.7. The number of hydrogen-bond acceptors (Lipinski definition) is 4. The van der Waals surface area contributed by atoms with E-state index >= 15 is 0 Å². The van der Waals surface area contributed by atoms with Crippen LogP contribution in [0.3, 0.4) is 0 Å². The van der Waals surface area contributed by atoms with Crippen molar-refractivity contribution in [2.45, 2.75) is 72.6 Å². The summed E-state index contributed by atoms with van der Waals surface area (Å²) in [6, 6.07) is 17.5. The number of amides is 1. The molecule has 4 aliphatic rings. The lowest BCUT2D eigenvalue weighted by Gasteiger charge is -2.25. The van der Waals surface area contributed by atoms with Crippen LogP contribution in [0.1, 0.15) is 69.0 Å². The van der Waals surface area contributed by atoms with E-state index in [0.29, 0.717) is 12.5 Å². The third-order valence-electron chi connectivity index (χ3n) is 9.38. The highest BCUT2D eigenvalue weighted by Crippen LogP contribution is 2.42. The average molecular weight is 557 g/mol. The molecule has 0 saturated carbocycles. The summed E-state index contributed by atoms with van der Waals surface area (Å²) in [5.74, 6) is 1.44. The van der Waals surface area contributed by atoms with Crippen LogP contribution in [0.5, 0.6) is 0 Å². The quantitative estimate of drug-likeness (QED) is 0.352. The molecule has 0 spiro atoms. The molecule has 2 aromatic carbocycles. The molecule has 2 aromatic heterocycles. The van der Waals surface area contributed by atoms with Gasteiger partial charge in [0, 0.05) is 104 Å². The smallest absolute Gasteiger partial charge is 0.216 e. The number of carbonyl (C=O) groups excluding carboxylic acids is 1. The molecule has 4 atom stereocenters. The van der Waals surface area contributed by atoms with Gasteiger partial charge >= 0.3 is 0 Å². The van der Waals surface area contributed by atoms with Crippen molar-refractivity contribution in [2.75, 3.05) is 39.3 Å². The van der Waals surface area contributed by atoms with Crippen molar-refractivity contribution in [2.24, 2.45) is 5.73 Å². The van der Waals surface area contributed by atoms with Crippen molar-refractivity contribution in [3.8, 4) is 0 Å². The van der Waals surface area contributed by atoms with E-state index in [1.165, 1.54) is 72.1 Å². The van der Waals surface area contributed by atoms with Gasteiger partial charge in [-0.3, -0.25) is 14.6 Å². The zero-order valence-electron chi connectivity index (χ0n) is 23.0. The molecular formula is C34H48N6O. The van der Waals surface area contributed by atoms with Gasteiger partial charge in [-0.25, -0.2) is 0 Å². The van der Waals surface area contributed by atoms with Gasteiger partial charge < -0.3 is 20.2 Å². The van der Waals surface area contributed by atoms with Crippen LogP contribution in [0.15, 0.2) is 48.5 Å². The molecule has 6 heterocycles. The van der Waals surface area contributed by atoms with Gasteiger partial charge in [0.05, 0.1) is 0 Å². The molecular weight excluding hydrogens is 508 g/mol. The monoisotopic (exact) mass is 556 g/mol. The van der Waals surface area contributed by atoms with Gasteiger partial charge in [-0.2, -0.15) is 0 Å². The third kappa shape index (κ3) is 5.09. The van der Waals surface area contributed by atoms with Crippen molar-refractivity contribution in [1.29, 1.82) is 0 Å². The second-order valence-electron chi connectivity index (χ2n) is 11.8. The summed E-state index contributed by atoms with van der Waals surface area (Å²) in [4.78, 5) is 16.3. The van der Waals surface area contributed by atoms with E-state index < -0.39 is 0 Å². The molecule has 8 rings (SSSR count). The lowest BCUT2D eigenvalue weighted by molar-refractivity contribution is -0.118. The molecule has 0 aliphatic carbocycles. The van der Waals surface area contributed by atoms with E-state index in [-0.39, 0.29) is 20.8 Å². The predicted octanol–water partition coefficient (Wildman–Crippen LogP) is 5.26. The Morgan fingerprint density at radius 3 is 1.78 bits per heavy atom. The number of nitrogens with two attached hydrogens (primary N) is 1. The number of nitrogens with one attached hydrogen (secondary N) is 1. The minimum absolute atomic E-state index is 0. The zero-order chi connectivity index (χ0) is 26.5. The first-order chi connectivity index (χ1) is 19.1. The first kappa shape index (κ1) is 29.4. The molecule has 0 radical (unpaired) electrons. The van der Waals surface area contributed by atoms with Crippen molar-refractivity contribution in [3.63, 3.8) is 0 Å². The Bertz CT molecular complexity index is 1520. The van der Waals surface area contributed by atoms with E-state index in [0.717, 1.165) is 38.6 Å². The van der Waals surface area contributed by atoms with Crippen LogP contribution >= 0.6 is 0 Å². The van der Waals surface area contributed by atoms with E-state index in [2.05, 4.69) is 72.8 Å². The van der Waals surface area contributed by atoms with Crippen LogP contribution in [-0.2, 0) is 31.0 Å². The summed E-state index contributed by atoms with van der Waals surface area (Å²) in [6.45, 7) is 12.0. The lowest BCUT2D eigenvalue weighted by Crippen LogP contribution is -2.28. The summed E-state index contributed by atoms with van der Waals surface area (Å²) in [7, 11) is 0. The number of para-hydroxylation sites is 2. The largest absolute Gasteiger partial charge is 0.355 e. The number of rotatable bonds is 5. The second kappa shape index (κ2) is 12.0. The summed E-state index contributed by atoms with van der Waals surface area (Å²) in [5, 5.41) is 5.77. The Morgan fingerprint density at radius 2 is 1.29 bits per heavy atom. The number of nitrogens with zero attached hydrogens (tertiary/aromatic N) is 4. The highest BCUT2D eigenvalue weighted by molar-refractivity contribution is 5.87. The third-order valence-corrected chi connectivity index (χ3v) is 9.38. The number of fused-ring (bicyclic) bond motifs is 12. The molecule has 220 valence electrons. The Kier molecular flexibility index (Phi) is 8.60. The Balaban J connectivity index is 0.000000158. The van der Waals surface area contributed by atoms with Crippen LogP contribution in [0.2, 0.25) is 0 Å². The summed E-state index contributed by atoms with van der Waals surface area (Å²) >= 11 is 0. The van der Waals surface area contributed by atoms with E-state index in [1.807, 2.05) is 0 Å². The van der Waals surface area contributed by atoms with Gasteiger partial charge in [-0.1, -0.05) is 51.3 Å². The molecule has 4 unspecified atom stereocenters. The van der Waals surface area contributed by atoms with Crippen molar-refractivity contribution < 1.29 is 4.79 Å². The van der Waals surface area contributed by atoms with Crippen molar-refractivity contribution in [3.05, 3.63) is 71.0 Å². The molecule has 7 heteroatoms. The SMILES string of the molecule is C.C.CC(=O)NCCn1c2c(c3ccccc31)CN1CCC2C1.NCCn1c2c(c3ccccc31)CN1CCC2C1. The second-order valence-corrected chi connectivity index (χ2v) is 11.8. The first-order valence-corrected chi connectivity index (χ1v) is 14.7. The standard InChI is InChI=1S/C17H21N3O.C15H19N3.2CH4/c1-12(21)18-7-9-20-16-5-3-2-4-14(16)15-11-19-8-6-13(10-19)17(15)20;16-6-8-18-14-4-2-1-3-12(14)13-10-17-7-5-11(9-17)15(13)18;;/h2-5,13H,6-11H2,1H3,(H,18,21);1-4,11H,5-10,16H2;2*1H4. The summed E-state index contributed by atoms with van der Waals surface area (Å²) in [5.41, 5.74) is 14.7. The van der Waals surface area contributed by atoms with Crippen molar-refractivity contribution >= 4 is 27.7 Å². The van der Waals surface area contributed by atoms with E-state index in [1.54, 1.807) is 18.2 Å². The molecule has 4 bridgehead atoms. The highest BCUT2D eigenvalue weighted by Gasteiger charge is 2.36. The van der Waals surface area contributed by atoms with Crippen LogP contribution in [0.25, 0.3) is 21.8 Å². The fourth-order valence-electron chi connectivity index (χ4n) is 7.86. The molecule has 7 nitrogen and oxygen atoms in total. The van der Waals surface area contributed by atoms with E-state index in [9.17, 15) is 4.79 Å². The maximum absolute atomic E-state index is 11.1. The van der Waals surface area contributed by atoms with Gasteiger partial charge in [0.1, 0.15) is 0 Å². The molecule has 41 heavy (non-hydrogen) atoms. The lowest BCUT2D eigenvalue weighted by atomic mass is 9.97. The Morgan fingerprint density at radius 1 is 0.805 bits per heavy atom. The van der Waals surface area contributed by atoms with Gasteiger partial charge in [0.15, 0.2) is 0 Å². The average Bonchev–Trinajstić information content (AvgIpc) is 3.69. The number of carbonyl (C=O) groups is 1. The number of hydrogen-bond donors (Lipinski definition) is 2. The Hall–Kier alpha value is -3.13. The fraction of sp³-hybridized carbons (Fsp3) is 0.500. The van der Waals surface area contributed by atoms with Gasteiger partial charge in [0.25, 0.3) is 0 Å². The summed E-state index contributed by atoms with van der Waals surface area (Å²) < 4.78 is 4.94. The van der Waals surface area contributed by atoms with Crippen LogP contribution < -0.4 is 11.1 Å². The zero-order valence-corrected chi connectivity index (χ0v) is 23.0. The minimum Gasteiger partial charge on any atom is -0.355 e. The highest BCUT2D eigenvalue weighted by atomic mass is 16.1. The fourth-order valence-corrected chi connectivity index (χ4v) is 7.86. The van der Waals surface area contributed by atoms with Gasteiger partial charge in [0.2, 0.25) is 5.91 Å². The van der Waals surface area contributed by atoms with Crippen LogP contribution in [0.4, 0.5) is 0 Å². The van der Waals surface area contributed by atoms with E-state index in [4.69, 9.17) is 5.73 Å². The molecule has 3 N–H and O–H groups in total. The van der Waals surface area contributed by atoms with Crippen molar-refractivity contribution in [1.82, 2.24) is 24.3 Å². The van der Waals surface area contributed by atoms with Crippen LogP contribution in [-0.4, -0.2) is 64.1 Å². The molecule has 4 aromatic rings.